The molecule has 2 rings (SSSR count). The number of aliphatic hydroxyl groups is 1. The van der Waals surface area contributed by atoms with E-state index >= 15 is 0 Å². The van der Waals surface area contributed by atoms with Crippen molar-refractivity contribution in [1.82, 2.24) is 10.8 Å². The summed E-state index contributed by atoms with van der Waals surface area (Å²) in [4.78, 5) is 24.7. The second kappa shape index (κ2) is 10.7. The number of hydrogen-bond acceptors (Lipinski definition) is 5. The van der Waals surface area contributed by atoms with Gasteiger partial charge in [0.2, 0.25) is 0 Å². The minimum Gasteiger partial charge on any atom is -0.391 e. The number of ketones is 1. The third-order valence-electron chi connectivity index (χ3n) is 4.67. The summed E-state index contributed by atoms with van der Waals surface area (Å²) in [5, 5.41) is 21.1. The lowest BCUT2D eigenvalue weighted by Gasteiger charge is -2.20. The van der Waals surface area contributed by atoms with E-state index < -0.39 is 18.1 Å². The largest absolute Gasteiger partial charge is 0.391 e. The molecule has 0 aliphatic carbocycles. The third-order valence-corrected chi connectivity index (χ3v) is 4.67. The van der Waals surface area contributed by atoms with Gasteiger partial charge < -0.3 is 15.6 Å². The predicted molar refractivity (Wildman–Crippen MR) is 108 cm³/mol. The lowest BCUT2D eigenvalue weighted by Crippen LogP contribution is -2.47. The van der Waals surface area contributed by atoms with Gasteiger partial charge in [0, 0.05) is 18.5 Å². The standard InChI is InChI=1S/C22H28N2O4/c1-3-16-6-8-17(9-7-16)18-10-12-19(13-11-18)22(27)24-21(15(2)25)20(26)5-4-14-23-28/h6-13,15,21,23,25,28H,3-5,14H2,1-2H3,(H,24,27)/t15-,21+/m1/s1. The van der Waals surface area contributed by atoms with E-state index in [2.05, 4.69) is 36.5 Å². The van der Waals surface area contributed by atoms with Gasteiger partial charge in [-0.05, 0) is 48.6 Å². The van der Waals surface area contributed by atoms with Crippen molar-refractivity contribution < 1.29 is 19.9 Å². The average molecular weight is 384 g/mol. The molecule has 0 saturated carbocycles. The molecule has 0 bridgehead atoms. The highest BCUT2D eigenvalue weighted by Crippen LogP contribution is 2.20. The molecule has 0 saturated heterocycles. The Bertz CT molecular complexity index is 770. The molecule has 2 aromatic rings. The molecule has 6 nitrogen and oxygen atoms in total. The Morgan fingerprint density at radius 2 is 1.57 bits per heavy atom. The Morgan fingerprint density at radius 1 is 1.00 bits per heavy atom. The van der Waals surface area contributed by atoms with Crippen LogP contribution in [0.25, 0.3) is 11.1 Å². The summed E-state index contributed by atoms with van der Waals surface area (Å²) >= 11 is 0. The van der Waals surface area contributed by atoms with Gasteiger partial charge in [0.15, 0.2) is 5.78 Å². The van der Waals surface area contributed by atoms with Crippen molar-refractivity contribution in [2.24, 2.45) is 0 Å². The first-order valence-electron chi connectivity index (χ1n) is 9.54. The molecule has 28 heavy (non-hydrogen) atoms. The fraction of sp³-hybridized carbons (Fsp3) is 0.364. The first-order chi connectivity index (χ1) is 13.5. The highest BCUT2D eigenvalue weighted by molar-refractivity contribution is 5.98. The number of aryl methyl sites for hydroxylation is 1. The molecule has 2 aromatic carbocycles. The van der Waals surface area contributed by atoms with Crippen molar-refractivity contribution in [3.63, 3.8) is 0 Å². The minimum absolute atomic E-state index is 0.149. The van der Waals surface area contributed by atoms with Gasteiger partial charge in [-0.3, -0.25) is 9.59 Å². The molecule has 0 fully saturated rings. The van der Waals surface area contributed by atoms with Gasteiger partial charge in [-0.1, -0.05) is 43.3 Å². The summed E-state index contributed by atoms with van der Waals surface area (Å²) in [6, 6.07) is 14.4. The maximum absolute atomic E-state index is 12.5. The van der Waals surface area contributed by atoms with Crippen molar-refractivity contribution in [3.05, 3.63) is 59.7 Å². The van der Waals surface area contributed by atoms with Crippen molar-refractivity contribution >= 4 is 11.7 Å². The van der Waals surface area contributed by atoms with Crippen molar-refractivity contribution in [3.8, 4) is 11.1 Å². The maximum atomic E-state index is 12.5. The Kier molecular flexibility index (Phi) is 8.32. The predicted octanol–water partition coefficient (Wildman–Crippen LogP) is 2.72. The van der Waals surface area contributed by atoms with E-state index in [-0.39, 0.29) is 18.7 Å². The van der Waals surface area contributed by atoms with E-state index in [0.29, 0.717) is 12.0 Å². The Balaban J connectivity index is 2.04. The highest BCUT2D eigenvalue weighted by Gasteiger charge is 2.25. The Labute approximate surface area is 165 Å². The summed E-state index contributed by atoms with van der Waals surface area (Å²) in [6.45, 7) is 3.85. The van der Waals surface area contributed by atoms with Crippen LogP contribution in [0.15, 0.2) is 48.5 Å². The number of Topliss-reactive ketones (excluding diaryl/α,β-unsaturated/α-hetero) is 1. The molecule has 0 aliphatic rings. The van der Waals surface area contributed by atoms with Crippen molar-refractivity contribution in [2.45, 2.75) is 45.3 Å². The molecule has 4 N–H and O–H groups in total. The van der Waals surface area contributed by atoms with Crippen LogP contribution in [0, 0.1) is 0 Å². The Hall–Kier alpha value is -2.54. The summed E-state index contributed by atoms with van der Waals surface area (Å²) in [5.74, 6) is -0.682. The number of carbonyl (C=O) groups excluding carboxylic acids is 2. The molecule has 0 unspecified atom stereocenters. The second-order valence-electron chi connectivity index (χ2n) is 6.80. The fourth-order valence-corrected chi connectivity index (χ4v) is 2.94. The lowest BCUT2D eigenvalue weighted by atomic mass is 10.0. The smallest absolute Gasteiger partial charge is 0.251 e. The van der Waals surface area contributed by atoms with E-state index in [4.69, 9.17) is 5.21 Å². The van der Waals surface area contributed by atoms with Crippen LogP contribution < -0.4 is 10.8 Å². The number of amides is 1. The maximum Gasteiger partial charge on any atom is 0.251 e. The first-order valence-corrected chi connectivity index (χ1v) is 9.54. The normalized spacial score (nSPS) is 13.0. The first kappa shape index (κ1) is 21.8. The summed E-state index contributed by atoms with van der Waals surface area (Å²) < 4.78 is 0. The zero-order valence-corrected chi connectivity index (χ0v) is 16.3. The van der Waals surface area contributed by atoms with E-state index in [1.54, 1.807) is 12.1 Å². The summed E-state index contributed by atoms with van der Waals surface area (Å²) in [6.07, 6.45) is 0.546. The molecule has 6 heteroatoms. The molecule has 0 aliphatic heterocycles. The number of nitrogens with one attached hydrogen (secondary N) is 2. The average Bonchev–Trinajstić information content (AvgIpc) is 2.72. The van der Waals surface area contributed by atoms with E-state index in [1.165, 1.54) is 12.5 Å². The number of aliphatic hydroxyl groups excluding tert-OH is 1. The molecule has 0 radical (unpaired) electrons. The SMILES string of the molecule is CCc1ccc(-c2ccc(C(=O)N[C@H](C(=O)CCCNO)[C@@H](C)O)cc2)cc1. The number of rotatable bonds is 10. The van der Waals surface area contributed by atoms with Crippen molar-refractivity contribution in [1.29, 1.82) is 0 Å². The van der Waals surface area contributed by atoms with Crippen LogP contribution in [0.4, 0.5) is 0 Å². The van der Waals surface area contributed by atoms with Crippen LogP contribution in [0.5, 0.6) is 0 Å². The number of hydroxylamine groups is 1. The molecule has 2 atom stereocenters. The van der Waals surface area contributed by atoms with Crippen LogP contribution in [0.2, 0.25) is 0 Å². The third kappa shape index (κ3) is 5.99. The van der Waals surface area contributed by atoms with Gasteiger partial charge in [0.1, 0.15) is 6.04 Å². The molecule has 0 aromatic heterocycles. The number of benzene rings is 2. The van der Waals surface area contributed by atoms with Gasteiger partial charge in [0.25, 0.3) is 5.91 Å². The second-order valence-corrected chi connectivity index (χ2v) is 6.80. The quantitative estimate of drug-likeness (QED) is 0.373. The molecule has 0 heterocycles. The van der Waals surface area contributed by atoms with Gasteiger partial charge in [-0.2, -0.15) is 0 Å². The molecule has 150 valence electrons. The van der Waals surface area contributed by atoms with Gasteiger partial charge >= 0.3 is 0 Å². The van der Waals surface area contributed by atoms with Gasteiger partial charge in [-0.15, -0.1) is 0 Å². The summed E-state index contributed by atoms with van der Waals surface area (Å²) in [5.41, 5.74) is 5.74. The van der Waals surface area contributed by atoms with Crippen LogP contribution >= 0.6 is 0 Å². The van der Waals surface area contributed by atoms with E-state index in [0.717, 1.165) is 17.5 Å². The summed E-state index contributed by atoms with van der Waals surface area (Å²) in [7, 11) is 0. The lowest BCUT2D eigenvalue weighted by molar-refractivity contribution is -0.123. The van der Waals surface area contributed by atoms with Crippen molar-refractivity contribution in [2.75, 3.05) is 6.54 Å². The zero-order valence-electron chi connectivity index (χ0n) is 16.3. The van der Waals surface area contributed by atoms with Crippen LogP contribution in [-0.4, -0.2) is 40.7 Å². The minimum atomic E-state index is -1.00. The van der Waals surface area contributed by atoms with Crippen LogP contribution in [0.3, 0.4) is 0 Å². The number of hydrogen-bond donors (Lipinski definition) is 4. The van der Waals surface area contributed by atoms with Crippen LogP contribution in [-0.2, 0) is 11.2 Å². The Morgan fingerprint density at radius 3 is 2.07 bits per heavy atom. The molecule has 0 spiro atoms. The zero-order chi connectivity index (χ0) is 20.5. The van der Waals surface area contributed by atoms with E-state index in [9.17, 15) is 14.7 Å². The van der Waals surface area contributed by atoms with Crippen LogP contribution in [0.1, 0.15) is 42.6 Å². The fourth-order valence-electron chi connectivity index (χ4n) is 2.94. The number of carbonyl (C=O) groups is 2. The highest BCUT2D eigenvalue weighted by atomic mass is 16.5. The monoisotopic (exact) mass is 384 g/mol. The van der Waals surface area contributed by atoms with Gasteiger partial charge in [0.05, 0.1) is 6.10 Å². The van der Waals surface area contributed by atoms with Gasteiger partial charge in [-0.25, -0.2) is 5.48 Å². The molecular formula is C22H28N2O4. The molecular weight excluding hydrogens is 356 g/mol. The van der Waals surface area contributed by atoms with E-state index in [1.807, 2.05) is 17.6 Å². The topological polar surface area (TPSA) is 98.7 Å². The molecule has 1 amide bonds.